The zero-order chi connectivity index (χ0) is 12.3. The highest BCUT2D eigenvalue weighted by molar-refractivity contribution is 8.00. The van der Waals surface area contributed by atoms with Crippen LogP contribution in [0.1, 0.15) is 18.3 Å². The third-order valence-corrected chi connectivity index (χ3v) is 4.14. The van der Waals surface area contributed by atoms with Crippen LogP contribution in [0.15, 0.2) is 22.5 Å². The van der Waals surface area contributed by atoms with Crippen LogP contribution in [-0.4, -0.2) is 14.5 Å². The molecule has 0 aliphatic carbocycles. The Labute approximate surface area is 108 Å². The van der Waals surface area contributed by atoms with Gasteiger partial charge in [0.05, 0.1) is 0 Å². The number of nitrogens with zero attached hydrogens (tertiary/aromatic N) is 2. The number of hydrogen-bond donors (Lipinski definition) is 2. The van der Waals surface area contributed by atoms with E-state index < -0.39 is 0 Å². The molecule has 1 aromatic carbocycles. The quantitative estimate of drug-likeness (QED) is 0.506. The second kappa shape index (κ2) is 5.37. The highest BCUT2D eigenvalue weighted by Crippen LogP contribution is 2.29. The van der Waals surface area contributed by atoms with Crippen molar-refractivity contribution in [3.8, 4) is 5.75 Å². The summed E-state index contributed by atoms with van der Waals surface area (Å²) in [6.07, 6.45) is 0.848. The Morgan fingerprint density at radius 1 is 1.47 bits per heavy atom. The molecule has 0 aliphatic rings. The number of nitrogen functional groups attached to an aromatic ring is 1. The van der Waals surface area contributed by atoms with Gasteiger partial charge in [-0.3, -0.25) is 0 Å². The Kier molecular flexibility index (Phi) is 3.86. The topological polar surface area (TPSA) is 72.0 Å². The van der Waals surface area contributed by atoms with Crippen LogP contribution >= 0.6 is 23.3 Å². The van der Waals surface area contributed by atoms with E-state index in [0.717, 1.165) is 22.1 Å². The van der Waals surface area contributed by atoms with Gasteiger partial charge >= 0.3 is 0 Å². The molecular formula is C11H13N3OS2. The molecule has 0 radical (unpaired) electrons. The number of phenols is 1. The minimum atomic E-state index is 0.270. The highest BCUT2D eigenvalue weighted by Gasteiger charge is 2.06. The van der Waals surface area contributed by atoms with Gasteiger partial charge in [0.15, 0.2) is 4.34 Å². The zero-order valence-electron chi connectivity index (χ0n) is 9.38. The minimum absolute atomic E-state index is 0.270. The summed E-state index contributed by atoms with van der Waals surface area (Å²) in [5, 5.41) is 9.66. The maximum absolute atomic E-state index is 9.66. The van der Waals surface area contributed by atoms with Gasteiger partial charge in [0.1, 0.15) is 11.6 Å². The van der Waals surface area contributed by atoms with Gasteiger partial charge in [-0.05, 0) is 29.7 Å². The summed E-state index contributed by atoms with van der Waals surface area (Å²) in [5.74, 6) is 1.79. The van der Waals surface area contributed by atoms with Crippen LogP contribution in [0, 0.1) is 0 Å². The van der Waals surface area contributed by atoms with E-state index in [1.165, 1.54) is 11.5 Å². The summed E-state index contributed by atoms with van der Waals surface area (Å²) in [6.45, 7) is 2.03. The van der Waals surface area contributed by atoms with E-state index in [-0.39, 0.29) is 5.75 Å². The third kappa shape index (κ3) is 3.10. The van der Waals surface area contributed by atoms with E-state index in [9.17, 15) is 5.11 Å². The Bertz CT molecular complexity index is 513. The lowest BCUT2D eigenvalue weighted by atomic mass is 10.2. The van der Waals surface area contributed by atoms with Gasteiger partial charge in [-0.1, -0.05) is 18.7 Å². The molecule has 6 heteroatoms. The second-order valence-electron chi connectivity index (χ2n) is 3.51. The maximum Gasteiger partial charge on any atom is 0.170 e. The molecular weight excluding hydrogens is 254 g/mol. The van der Waals surface area contributed by atoms with Gasteiger partial charge in [0.2, 0.25) is 0 Å². The molecule has 17 heavy (non-hydrogen) atoms. The molecule has 3 N–H and O–H groups in total. The average molecular weight is 267 g/mol. The molecule has 0 aliphatic heterocycles. The van der Waals surface area contributed by atoms with Crippen molar-refractivity contribution >= 4 is 29.0 Å². The number of thioether (sulfide) groups is 1. The number of benzene rings is 1. The van der Waals surface area contributed by atoms with Crippen molar-refractivity contribution in [1.29, 1.82) is 0 Å². The van der Waals surface area contributed by atoms with E-state index in [4.69, 9.17) is 5.73 Å². The lowest BCUT2D eigenvalue weighted by molar-refractivity contribution is 0.471. The first-order chi connectivity index (χ1) is 8.19. The van der Waals surface area contributed by atoms with Crippen molar-refractivity contribution in [3.05, 3.63) is 29.6 Å². The molecule has 0 spiro atoms. The minimum Gasteiger partial charge on any atom is -0.508 e. The molecule has 90 valence electrons. The molecule has 0 bridgehead atoms. The molecule has 4 nitrogen and oxygen atoms in total. The van der Waals surface area contributed by atoms with Crippen molar-refractivity contribution in [3.63, 3.8) is 0 Å². The fraction of sp³-hybridized carbons (Fsp3) is 0.273. The van der Waals surface area contributed by atoms with E-state index in [2.05, 4.69) is 9.36 Å². The summed E-state index contributed by atoms with van der Waals surface area (Å²) in [6, 6.07) is 5.08. The molecule has 0 fully saturated rings. The summed E-state index contributed by atoms with van der Waals surface area (Å²) in [5.41, 5.74) is 7.16. The van der Waals surface area contributed by atoms with Crippen molar-refractivity contribution in [2.75, 3.05) is 5.73 Å². The van der Waals surface area contributed by atoms with E-state index >= 15 is 0 Å². The largest absolute Gasteiger partial charge is 0.508 e. The van der Waals surface area contributed by atoms with Gasteiger partial charge in [-0.25, -0.2) is 4.98 Å². The summed E-state index contributed by atoms with van der Waals surface area (Å²) in [4.78, 5) is 4.35. The van der Waals surface area contributed by atoms with Crippen molar-refractivity contribution in [2.45, 2.75) is 23.4 Å². The van der Waals surface area contributed by atoms with Crippen LogP contribution in [0.25, 0.3) is 0 Å². The number of nitrogens with two attached hydrogens (primary N) is 1. The fourth-order valence-corrected chi connectivity index (χ4v) is 2.98. The second-order valence-corrected chi connectivity index (χ2v) is 5.48. The number of aromatic nitrogens is 2. The van der Waals surface area contributed by atoms with Crippen molar-refractivity contribution in [1.82, 2.24) is 9.36 Å². The molecule has 0 unspecified atom stereocenters. The summed E-state index contributed by atoms with van der Waals surface area (Å²) in [7, 11) is 0. The predicted octanol–water partition coefficient (Wildman–Crippen LogP) is 2.68. The van der Waals surface area contributed by atoms with E-state index in [1.807, 2.05) is 6.92 Å². The highest BCUT2D eigenvalue weighted by atomic mass is 32.2. The molecule has 1 heterocycles. The molecule has 0 atom stereocenters. The van der Waals surface area contributed by atoms with Crippen LogP contribution < -0.4 is 5.73 Å². The monoisotopic (exact) mass is 267 g/mol. The molecule has 2 rings (SSSR count). The zero-order valence-corrected chi connectivity index (χ0v) is 11.0. The van der Waals surface area contributed by atoms with Crippen LogP contribution in [-0.2, 0) is 12.2 Å². The van der Waals surface area contributed by atoms with Gasteiger partial charge in [-0.15, -0.1) is 0 Å². The Balaban J connectivity index is 2.04. The average Bonchev–Trinajstić information content (AvgIpc) is 2.78. The maximum atomic E-state index is 9.66. The van der Waals surface area contributed by atoms with Crippen molar-refractivity contribution < 1.29 is 5.11 Å². The fourth-order valence-electron chi connectivity index (χ4n) is 1.30. The third-order valence-electron chi connectivity index (χ3n) is 2.22. The summed E-state index contributed by atoms with van der Waals surface area (Å²) < 4.78 is 5.13. The molecule has 2 aromatic rings. The Morgan fingerprint density at radius 3 is 3.00 bits per heavy atom. The first-order valence-corrected chi connectivity index (χ1v) is 6.97. The number of aryl methyl sites for hydroxylation is 1. The molecule has 0 saturated carbocycles. The Morgan fingerprint density at radius 2 is 2.29 bits per heavy atom. The number of rotatable bonds is 4. The van der Waals surface area contributed by atoms with Crippen LogP contribution in [0.4, 0.5) is 5.69 Å². The van der Waals surface area contributed by atoms with Crippen LogP contribution in [0.3, 0.4) is 0 Å². The van der Waals surface area contributed by atoms with Crippen molar-refractivity contribution in [2.24, 2.45) is 0 Å². The van der Waals surface area contributed by atoms with E-state index in [1.54, 1.807) is 30.0 Å². The molecule has 1 aromatic heterocycles. The van der Waals surface area contributed by atoms with Crippen LogP contribution in [0.2, 0.25) is 0 Å². The first-order valence-electron chi connectivity index (χ1n) is 5.21. The lowest BCUT2D eigenvalue weighted by Crippen LogP contribution is -1.88. The smallest absolute Gasteiger partial charge is 0.170 e. The lowest BCUT2D eigenvalue weighted by Gasteiger charge is -2.03. The standard InChI is InChI=1S/C11H13N3OS2/c1-2-10-13-11(17-14-10)16-6-7-5-8(12)3-4-9(7)15/h3-5,15H,2,6,12H2,1H3. The predicted molar refractivity (Wildman–Crippen MR) is 71.4 cm³/mol. The number of aromatic hydroxyl groups is 1. The number of anilines is 1. The van der Waals surface area contributed by atoms with Gasteiger partial charge in [0, 0.05) is 23.4 Å². The van der Waals surface area contributed by atoms with Crippen LogP contribution in [0.5, 0.6) is 5.75 Å². The molecule has 0 amide bonds. The first kappa shape index (κ1) is 12.2. The SMILES string of the molecule is CCc1nsc(SCc2cc(N)ccc2O)n1. The molecule has 0 saturated heterocycles. The number of hydrogen-bond acceptors (Lipinski definition) is 6. The van der Waals surface area contributed by atoms with Gasteiger partial charge in [-0.2, -0.15) is 4.37 Å². The van der Waals surface area contributed by atoms with Gasteiger partial charge < -0.3 is 10.8 Å². The summed E-state index contributed by atoms with van der Waals surface area (Å²) >= 11 is 2.95. The normalized spacial score (nSPS) is 10.6. The number of phenolic OH excluding ortho intramolecular Hbond substituents is 1. The Hall–Kier alpha value is -1.27. The van der Waals surface area contributed by atoms with E-state index in [0.29, 0.717) is 11.4 Å². The van der Waals surface area contributed by atoms with Gasteiger partial charge in [0.25, 0.3) is 0 Å².